The molecule has 1 aromatic heterocycles. The van der Waals surface area contributed by atoms with E-state index in [2.05, 4.69) is 57.3 Å². The average molecular weight is 355 g/mol. The van der Waals surface area contributed by atoms with Crippen LogP contribution in [0.5, 0.6) is 0 Å². The van der Waals surface area contributed by atoms with Gasteiger partial charge in [-0.3, -0.25) is 4.79 Å². The van der Waals surface area contributed by atoms with E-state index in [0.717, 1.165) is 42.1 Å². The molecule has 5 nitrogen and oxygen atoms in total. The molecule has 2 N–H and O–H groups in total. The molecule has 1 aliphatic rings. The molecule has 1 heterocycles. The summed E-state index contributed by atoms with van der Waals surface area (Å²) in [7, 11) is 0. The third-order valence-electron chi connectivity index (χ3n) is 3.19. The summed E-state index contributed by atoms with van der Waals surface area (Å²) in [6.07, 6.45) is 3.62. The molecule has 1 fully saturated rings. The molecule has 0 aliphatic heterocycles. The Morgan fingerprint density at radius 3 is 2.71 bits per heavy atom. The van der Waals surface area contributed by atoms with Crippen molar-refractivity contribution in [1.82, 2.24) is 15.3 Å². The summed E-state index contributed by atoms with van der Waals surface area (Å²) in [5.41, 5.74) is -0.0929. The highest BCUT2D eigenvalue weighted by Gasteiger charge is 2.22. The van der Waals surface area contributed by atoms with Gasteiger partial charge >= 0.3 is 0 Å². The number of rotatable bonds is 6. The van der Waals surface area contributed by atoms with Crippen LogP contribution >= 0.6 is 15.9 Å². The molecule has 1 aliphatic carbocycles. The van der Waals surface area contributed by atoms with Crippen LogP contribution in [0.15, 0.2) is 10.7 Å². The minimum Gasteiger partial charge on any atom is -0.370 e. The topological polar surface area (TPSA) is 66.9 Å². The Bertz CT molecular complexity index is 509. The molecule has 0 aromatic carbocycles. The van der Waals surface area contributed by atoms with Gasteiger partial charge in [0.25, 0.3) is 0 Å². The lowest BCUT2D eigenvalue weighted by Crippen LogP contribution is -2.25. The third-order valence-corrected chi connectivity index (χ3v) is 3.60. The number of hydrogen-bond acceptors (Lipinski definition) is 4. The fourth-order valence-electron chi connectivity index (χ4n) is 1.84. The van der Waals surface area contributed by atoms with E-state index >= 15 is 0 Å². The predicted octanol–water partition coefficient (Wildman–Crippen LogP) is 3.01. The van der Waals surface area contributed by atoms with Gasteiger partial charge in [-0.2, -0.15) is 0 Å². The van der Waals surface area contributed by atoms with Crippen LogP contribution in [0.4, 0.5) is 5.82 Å². The monoisotopic (exact) mass is 354 g/mol. The second kappa shape index (κ2) is 6.73. The highest BCUT2D eigenvalue weighted by molar-refractivity contribution is 9.10. The smallest absolute Gasteiger partial charge is 0.220 e. The molecule has 2 rings (SSSR count). The largest absolute Gasteiger partial charge is 0.370 e. The van der Waals surface area contributed by atoms with Crippen LogP contribution in [0, 0.1) is 0 Å². The SMILES string of the molecule is CC(C)(C)c1nc(Br)cc(NCCCC(=O)NC2CC2)n1. The molecule has 1 aromatic rings. The molecule has 116 valence electrons. The number of anilines is 1. The lowest BCUT2D eigenvalue weighted by molar-refractivity contribution is -0.121. The van der Waals surface area contributed by atoms with Gasteiger partial charge in [-0.15, -0.1) is 0 Å². The van der Waals surface area contributed by atoms with E-state index < -0.39 is 0 Å². The van der Waals surface area contributed by atoms with Crippen LogP contribution in [0.25, 0.3) is 0 Å². The fourth-order valence-corrected chi connectivity index (χ4v) is 2.22. The molecular weight excluding hydrogens is 332 g/mol. The van der Waals surface area contributed by atoms with Gasteiger partial charge in [-0.1, -0.05) is 20.8 Å². The number of nitrogens with one attached hydrogen (secondary N) is 2. The maximum Gasteiger partial charge on any atom is 0.220 e. The summed E-state index contributed by atoms with van der Waals surface area (Å²) < 4.78 is 0.774. The standard InChI is InChI=1S/C15H23BrN4O/c1-15(2,3)14-19-11(16)9-12(20-14)17-8-4-5-13(21)18-10-6-7-10/h9-10H,4-8H2,1-3H3,(H,18,21)(H,17,19,20). The second-order valence-electron chi connectivity index (χ2n) is 6.52. The van der Waals surface area contributed by atoms with E-state index in [1.165, 1.54) is 0 Å². The zero-order chi connectivity index (χ0) is 15.5. The number of carbonyl (C=O) groups excluding carboxylic acids is 1. The van der Waals surface area contributed by atoms with E-state index in [9.17, 15) is 4.79 Å². The molecule has 21 heavy (non-hydrogen) atoms. The lowest BCUT2D eigenvalue weighted by atomic mass is 9.96. The number of aromatic nitrogens is 2. The number of carbonyl (C=O) groups is 1. The first-order valence-corrected chi connectivity index (χ1v) is 8.22. The highest BCUT2D eigenvalue weighted by Crippen LogP contribution is 2.22. The minimum atomic E-state index is -0.0929. The van der Waals surface area contributed by atoms with Gasteiger partial charge in [-0.25, -0.2) is 9.97 Å². The maximum absolute atomic E-state index is 11.6. The predicted molar refractivity (Wildman–Crippen MR) is 87.3 cm³/mol. The number of halogens is 1. The van der Waals surface area contributed by atoms with Crippen molar-refractivity contribution < 1.29 is 4.79 Å². The molecule has 0 unspecified atom stereocenters. The van der Waals surface area contributed by atoms with Crippen LogP contribution in [-0.4, -0.2) is 28.5 Å². The Hall–Kier alpha value is -1.17. The van der Waals surface area contributed by atoms with Crippen molar-refractivity contribution in [2.24, 2.45) is 0 Å². The van der Waals surface area contributed by atoms with Crippen LogP contribution in [0.2, 0.25) is 0 Å². The molecule has 0 radical (unpaired) electrons. The van der Waals surface area contributed by atoms with E-state index in [4.69, 9.17) is 0 Å². The van der Waals surface area contributed by atoms with Crippen LogP contribution in [0.3, 0.4) is 0 Å². The number of hydrogen-bond donors (Lipinski definition) is 2. The van der Waals surface area contributed by atoms with Gasteiger partial charge in [0.1, 0.15) is 16.2 Å². The summed E-state index contributed by atoms with van der Waals surface area (Å²) in [6, 6.07) is 2.30. The number of amides is 1. The highest BCUT2D eigenvalue weighted by atomic mass is 79.9. The summed E-state index contributed by atoms with van der Waals surface area (Å²) in [5.74, 6) is 1.74. The summed E-state index contributed by atoms with van der Waals surface area (Å²) in [5, 5.41) is 6.25. The minimum absolute atomic E-state index is 0.0929. The van der Waals surface area contributed by atoms with E-state index in [1.807, 2.05) is 6.07 Å². The van der Waals surface area contributed by atoms with Crippen molar-refractivity contribution in [2.45, 2.75) is 57.9 Å². The molecule has 0 spiro atoms. The maximum atomic E-state index is 11.6. The first-order chi connectivity index (χ1) is 9.84. The zero-order valence-corrected chi connectivity index (χ0v) is 14.5. The Balaban J connectivity index is 1.79. The zero-order valence-electron chi connectivity index (χ0n) is 12.9. The molecule has 6 heteroatoms. The van der Waals surface area contributed by atoms with E-state index in [1.54, 1.807) is 0 Å². The van der Waals surface area contributed by atoms with Gasteiger partial charge in [0.05, 0.1) is 0 Å². The normalized spacial score (nSPS) is 14.9. The van der Waals surface area contributed by atoms with Crippen LogP contribution < -0.4 is 10.6 Å². The fraction of sp³-hybridized carbons (Fsp3) is 0.667. The lowest BCUT2D eigenvalue weighted by Gasteiger charge is -2.18. The Morgan fingerprint density at radius 1 is 1.38 bits per heavy atom. The van der Waals surface area contributed by atoms with E-state index in [-0.39, 0.29) is 11.3 Å². The van der Waals surface area contributed by atoms with Crippen molar-refractivity contribution >= 4 is 27.7 Å². The van der Waals surface area contributed by atoms with Crippen molar-refractivity contribution in [2.75, 3.05) is 11.9 Å². The molecule has 0 atom stereocenters. The Morgan fingerprint density at radius 2 is 2.10 bits per heavy atom. The quantitative estimate of drug-likeness (QED) is 0.608. The van der Waals surface area contributed by atoms with E-state index in [0.29, 0.717) is 12.5 Å². The molecular formula is C15H23BrN4O. The van der Waals surface area contributed by atoms with Crippen molar-refractivity contribution in [1.29, 1.82) is 0 Å². The van der Waals surface area contributed by atoms with Crippen molar-refractivity contribution in [3.8, 4) is 0 Å². The molecule has 1 amide bonds. The van der Waals surface area contributed by atoms with Gasteiger partial charge in [-0.05, 0) is 35.2 Å². The summed E-state index contributed by atoms with van der Waals surface area (Å²) in [6.45, 7) is 6.98. The van der Waals surface area contributed by atoms with Gasteiger partial charge < -0.3 is 10.6 Å². The Labute approximate surface area is 134 Å². The molecule has 1 saturated carbocycles. The van der Waals surface area contributed by atoms with Crippen molar-refractivity contribution in [3.63, 3.8) is 0 Å². The van der Waals surface area contributed by atoms with Crippen molar-refractivity contribution in [3.05, 3.63) is 16.5 Å². The third kappa shape index (κ3) is 5.61. The van der Waals surface area contributed by atoms with Gasteiger partial charge in [0, 0.05) is 30.5 Å². The van der Waals surface area contributed by atoms with Crippen LogP contribution in [0.1, 0.15) is 52.3 Å². The van der Waals surface area contributed by atoms with Crippen LogP contribution in [-0.2, 0) is 10.2 Å². The average Bonchev–Trinajstić information content (AvgIpc) is 3.17. The molecule has 0 bridgehead atoms. The first kappa shape index (κ1) is 16.2. The molecule has 0 saturated heterocycles. The summed E-state index contributed by atoms with van der Waals surface area (Å²) in [4.78, 5) is 20.5. The second-order valence-corrected chi connectivity index (χ2v) is 7.33. The number of nitrogens with zero attached hydrogens (tertiary/aromatic N) is 2. The van der Waals surface area contributed by atoms with Gasteiger partial charge in [0.2, 0.25) is 5.91 Å². The van der Waals surface area contributed by atoms with Gasteiger partial charge in [0.15, 0.2) is 0 Å². The Kier molecular flexibility index (Phi) is 5.19. The summed E-state index contributed by atoms with van der Waals surface area (Å²) >= 11 is 3.42. The first-order valence-electron chi connectivity index (χ1n) is 7.43.